The van der Waals surface area contributed by atoms with E-state index < -0.39 is 29.9 Å². The summed E-state index contributed by atoms with van der Waals surface area (Å²) >= 11 is 6.20. The Balaban J connectivity index is 1.04. The zero-order valence-corrected chi connectivity index (χ0v) is 24.7. The van der Waals surface area contributed by atoms with Gasteiger partial charge in [0.15, 0.2) is 11.9 Å². The summed E-state index contributed by atoms with van der Waals surface area (Å²) in [6.07, 6.45) is 2.37. The van der Waals surface area contributed by atoms with Crippen LogP contribution in [0.5, 0.6) is 0 Å². The number of nitrogens with zero attached hydrogens (tertiary/aromatic N) is 2. The minimum atomic E-state index is -0.880. The van der Waals surface area contributed by atoms with Gasteiger partial charge >= 0.3 is 5.97 Å². The number of halogens is 1. The largest absolute Gasteiger partial charge is 0.435 e. The van der Waals surface area contributed by atoms with Crippen molar-refractivity contribution in [2.75, 3.05) is 31.1 Å². The third-order valence-corrected chi connectivity index (χ3v) is 10.3. The fraction of sp³-hybridized carbons (Fsp3) is 0.733. The van der Waals surface area contributed by atoms with E-state index in [1.54, 1.807) is 0 Å². The van der Waals surface area contributed by atoms with E-state index in [-0.39, 0.29) is 36.5 Å². The zero-order chi connectivity index (χ0) is 28.2. The van der Waals surface area contributed by atoms with E-state index in [2.05, 4.69) is 25.7 Å². The molecule has 10 heteroatoms. The maximum atomic E-state index is 12.9. The molecule has 0 aromatic heterocycles. The SMILES string of the molecule is Cc1ccc(Cl)cc1N1CCN(C(=O)CCC(=O)O[C@@H]2O[C@@H]3O[C@@]4(C)CC[C@H]5[C@H](C)CC[C@H]([C@H]2C)[C@@]35OO4)CC1. The van der Waals surface area contributed by atoms with Gasteiger partial charge in [0.1, 0.15) is 0 Å². The van der Waals surface area contributed by atoms with Crippen molar-refractivity contribution in [3.63, 3.8) is 0 Å². The van der Waals surface area contributed by atoms with Gasteiger partial charge in [0.2, 0.25) is 18.0 Å². The maximum Gasteiger partial charge on any atom is 0.308 e. The fourth-order valence-electron chi connectivity index (χ4n) is 7.68. The first-order valence-electron chi connectivity index (χ1n) is 14.8. The van der Waals surface area contributed by atoms with Crippen molar-refractivity contribution < 1.29 is 33.6 Å². The summed E-state index contributed by atoms with van der Waals surface area (Å²) in [5.74, 6) is -0.656. The Hall–Kier alpha value is -1.91. The van der Waals surface area contributed by atoms with Crippen LogP contribution in [-0.2, 0) is 33.6 Å². The summed E-state index contributed by atoms with van der Waals surface area (Å²) in [6.45, 7) is 10.9. The average Bonchev–Trinajstić information content (AvgIpc) is 3.17. The zero-order valence-electron chi connectivity index (χ0n) is 23.9. The average molecular weight is 577 g/mol. The highest BCUT2D eigenvalue weighted by molar-refractivity contribution is 6.30. The van der Waals surface area contributed by atoms with Crippen molar-refractivity contribution >= 4 is 29.2 Å². The minimum Gasteiger partial charge on any atom is -0.435 e. The number of amides is 1. The number of carbonyl (C=O) groups is 2. The van der Waals surface area contributed by atoms with E-state index in [1.165, 1.54) is 0 Å². The van der Waals surface area contributed by atoms with Crippen molar-refractivity contribution in [2.24, 2.45) is 23.7 Å². The van der Waals surface area contributed by atoms with E-state index in [0.717, 1.165) is 50.0 Å². The molecule has 0 radical (unpaired) electrons. The van der Waals surface area contributed by atoms with Crippen molar-refractivity contribution in [2.45, 2.75) is 90.2 Å². The monoisotopic (exact) mass is 576 g/mol. The van der Waals surface area contributed by atoms with Crippen LogP contribution in [0.2, 0.25) is 5.02 Å². The van der Waals surface area contributed by atoms with E-state index in [0.29, 0.717) is 24.0 Å². The maximum absolute atomic E-state index is 12.9. The number of piperazine rings is 1. The van der Waals surface area contributed by atoms with Gasteiger partial charge in [-0.3, -0.25) is 9.59 Å². The van der Waals surface area contributed by atoms with Gasteiger partial charge in [0.25, 0.3) is 0 Å². The van der Waals surface area contributed by atoms with Gasteiger partial charge in [-0.25, -0.2) is 9.78 Å². The van der Waals surface area contributed by atoms with Crippen molar-refractivity contribution in [3.8, 4) is 0 Å². The number of fused-ring (bicyclic) bond motifs is 2. The number of rotatable bonds is 5. The Kier molecular flexibility index (Phi) is 7.57. The molecule has 2 bridgehead atoms. The van der Waals surface area contributed by atoms with Gasteiger partial charge in [-0.15, -0.1) is 0 Å². The molecule has 220 valence electrons. The number of esters is 1. The second kappa shape index (κ2) is 10.7. The summed E-state index contributed by atoms with van der Waals surface area (Å²) < 4.78 is 18.5. The van der Waals surface area contributed by atoms with Crippen LogP contribution in [0, 0.1) is 30.6 Å². The third-order valence-electron chi connectivity index (χ3n) is 10.0. The number of hydrogen-bond donors (Lipinski definition) is 0. The molecule has 5 aliphatic heterocycles. The number of hydrogen-bond acceptors (Lipinski definition) is 8. The van der Waals surface area contributed by atoms with Crippen LogP contribution in [0.4, 0.5) is 5.69 Å². The minimum absolute atomic E-state index is 0.0113. The van der Waals surface area contributed by atoms with Gasteiger partial charge in [0.05, 0.1) is 6.42 Å². The molecule has 1 aromatic rings. The van der Waals surface area contributed by atoms with E-state index >= 15 is 0 Å². The quantitative estimate of drug-likeness (QED) is 0.364. The Morgan fingerprint density at radius 1 is 1.05 bits per heavy atom. The van der Waals surface area contributed by atoms with Gasteiger partial charge in [-0.2, -0.15) is 0 Å². The van der Waals surface area contributed by atoms with Crippen LogP contribution >= 0.6 is 11.6 Å². The van der Waals surface area contributed by atoms with Gasteiger partial charge < -0.3 is 24.0 Å². The predicted octanol–water partition coefficient (Wildman–Crippen LogP) is 4.83. The van der Waals surface area contributed by atoms with Gasteiger partial charge in [-0.1, -0.05) is 31.5 Å². The van der Waals surface area contributed by atoms with E-state index in [4.69, 9.17) is 35.6 Å². The molecule has 6 aliphatic rings. The normalized spacial score (nSPS) is 38.9. The van der Waals surface area contributed by atoms with Crippen molar-refractivity contribution in [3.05, 3.63) is 28.8 Å². The fourth-order valence-corrected chi connectivity index (χ4v) is 7.85. The molecule has 5 saturated heterocycles. The second-order valence-electron chi connectivity index (χ2n) is 12.6. The Morgan fingerprint density at radius 2 is 1.82 bits per heavy atom. The van der Waals surface area contributed by atoms with Gasteiger partial charge in [-0.05, 0) is 62.6 Å². The summed E-state index contributed by atoms with van der Waals surface area (Å²) in [5, 5.41) is 0.704. The lowest BCUT2D eigenvalue weighted by atomic mass is 9.58. The third kappa shape index (κ3) is 4.91. The molecule has 0 unspecified atom stereocenters. The molecule has 1 spiro atoms. The van der Waals surface area contributed by atoms with Crippen LogP contribution in [0.15, 0.2) is 18.2 Å². The van der Waals surface area contributed by atoms with Crippen molar-refractivity contribution in [1.29, 1.82) is 0 Å². The highest BCUT2D eigenvalue weighted by atomic mass is 35.5. The topological polar surface area (TPSA) is 86.8 Å². The van der Waals surface area contributed by atoms with Crippen LogP contribution in [-0.4, -0.2) is 66.9 Å². The van der Waals surface area contributed by atoms with Crippen LogP contribution in [0.1, 0.15) is 64.9 Å². The lowest BCUT2D eigenvalue weighted by Gasteiger charge is -2.59. The standard InChI is InChI=1S/C30H41ClN2O7/c1-18-6-8-23-20(3)27(37-28-30(23)22(18)11-12-29(4,38-28)39-40-30)36-26(35)10-9-25(34)33-15-13-32(14-16-33)24-17-21(31)7-5-19(24)2/h5,7,17-18,20,22-23,27-28H,6,8-16H2,1-4H3/t18-,20-,22+,23-,27-,28-,29-,30-/m1/s1. The van der Waals surface area contributed by atoms with Crippen LogP contribution in [0.3, 0.4) is 0 Å². The number of ether oxygens (including phenoxy) is 3. The molecule has 1 aliphatic carbocycles. The van der Waals surface area contributed by atoms with Crippen LogP contribution in [0.25, 0.3) is 0 Å². The van der Waals surface area contributed by atoms with Crippen molar-refractivity contribution in [1.82, 2.24) is 4.90 Å². The lowest BCUT2D eigenvalue weighted by Crippen LogP contribution is -2.70. The first kappa shape index (κ1) is 28.2. The first-order chi connectivity index (χ1) is 19.1. The number of carbonyl (C=O) groups excluding carboxylic acids is 2. The summed E-state index contributed by atoms with van der Waals surface area (Å²) in [6, 6.07) is 5.87. The van der Waals surface area contributed by atoms with E-state index in [9.17, 15) is 9.59 Å². The van der Waals surface area contributed by atoms with Gasteiger partial charge in [0, 0.05) is 61.6 Å². The summed E-state index contributed by atoms with van der Waals surface area (Å²) in [4.78, 5) is 42.0. The number of anilines is 1. The summed E-state index contributed by atoms with van der Waals surface area (Å²) in [5.41, 5.74) is 1.56. The molecule has 1 aromatic carbocycles. The smallest absolute Gasteiger partial charge is 0.308 e. The first-order valence-corrected chi connectivity index (χ1v) is 15.2. The Morgan fingerprint density at radius 3 is 2.60 bits per heavy atom. The molecular formula is C30H41ClN2O7. The molecule has 40 heavy (non-hydrogen) atoms. The molecule has 7 rings (SSSR count). The molecule has 1 saturated carbocycles. The molecular weight excluding hydrogens is 536 g/mol. The van der Waals surface area contributed by atoms with E-state index in [1.807, 2.05) is 30.0 Å². The molecule has 9 nitrogen and oxygen atoms in total. The molecule has 5 heterocycles. The molecule has 6 fully saturated rings. The summed E-state index contributed by atoms with van der Waals surface area (Å²) in [7, 11) is 0. The highest BCUT2D eigenvalue weighted by Crippen LogP contribution is 2.60. The Bertz CT molecular complexity index is 1140. The number of aryl methyl sites for hydroxylation is 1. The molecule has 0 N–H and O–H groups in total. The predicted molar refractivity (Wildman–Crippen MR) is 147 cm³/mol. The number of benzene rings is 1. The van der Waals surface area contributed by atoms with Crippen LogP contribution < -0.4 is 4.90 Å². The molecule has 1 amide bonds. The highest BCUT2D eigenvalue weighted by Gasteiger charge is 2.69. The molecule has 8 atom stereocenters. The Labute approximate surface area is 241 Å². The second-order valence-corrected chi connectivity index (χ2v) is 13.0. The lowest BCUT2D eigenvalue weighted by molar-refractivity contribution is -0.576.